The molecule has 1 aromatic heterocycles. The van der Waals surface area contributed by atoms with Crippen LogP contribution in [0.25, 0.3) is 0 Å². The van der Waals surface area contributed by atoms with Crippen molar-refractivity contribution in [2.45, 2.75) is 45.8 Å². The van der Waals surface area contributed by atoms with Gasteiger partial charge in [-0.15, -0.1) is 0 Å². The number of hydrogen-bond donors (Lipinski definition) is 0. The first-order chi connectivity index (χ1) is 9.12. The van der Waals surface area contributed by atoms with Gasteiger partial charge in [-0.05, 0) is 46.2 Å². The maximum Gasteiger partial charge on any atom is 0.411 e. The van der Waals surface area contributed by atoms with Crippen LogP contribution in [0, 0.1) is 6.92 Å². The standard InChI is InChI=1S/C15H22N2O3/c1-11-7-8-16-9-12(11)15(5,10-18)17(6)13(19)20-14(2,3)4/h7-10H,1-6H3. The molecule has 1 amide bonds. The van der Waals surface area contributed by atoms with Gasteiger partial charge in [0.1, 0.15) is 17.4 Å². The molecule has 110 valence electrons. The summed E-state index contributed by atoms with van der Waals surface area (Å²) in [6, 6.07) is 1.81. The molecule has 0 saturated carbocycles. The third kappa shape index (κ3) is 3.35. The lowest BCUT2D eigenvalue weighted by Gasteiger charge is -2.36. The summed E-state index contributed by atoms with van der Waals surface area (Å²) in [5.41, 5.74) is -0.145. The van der Waals surface area contributed by atoms with Gasteiger partial charge in [0.25, 0.3) is 0 Å². The maximum absolute atomic E-state index is 12.2. The third-order valence-electron chi connectivity index (χ3n) is 3.18. The summed E-state index contributed by atoms with van der Waals surface area (Å²) >= 11 is 0. The number of carbonyl (C=O) groups excluding carboxylic acids is 2. The number of rotatable bonds is 3. The molecule has 0 fully saturated rings. The van der Waals surface area contributed by atoms with E-state index in [0.29, 0.717) is 5.56 Å². The topological polar surface area (TPSA) is 59.5 Å². The van der Waals surface area contributed by atoms with Crippen LogP contribution in [0.15, 0.2) is 18.5 Å². The van der Waals surface area contributed by atoms with Crippen molar-refractivity contribution in [3.8, 4) is 0 Å². The lowest BCUT2D eigenvalue weighted by molar-refractivity contribution is -0.117. The Morgan fingerprint density at radius 2 is 1.95 bits per heavy atom. The molecule has 1 heterocycles. The molecule has 0 saturated heterocycles. The van der Waals surface area contributed by atoms with Crippen molar-refractivity contribution >= 4 is 12.4 Å². The normalized spacial score (nSPS) is 14.3. The molecule has 0 aromatic carbocycles. The quantitative estimate of drug-likeness (QED) is 0.798. The van der Waals surface area contributed by atoms with Crippen molar-refractivity contribution in [1.29, 1.82) is 0 Å². The molecule has 1 unspecified atom stereocenters. The number of likely N-dealkylation sites (N-methyl/N-ethyl adjacent to an activating group) is 1. The Labute approximate surface area is 119 Å². The first-order valence-electron chi connectivity index (χ1n) is 6.46. The number of carbonyl (C=O) groups is 2. The van der Waals surface area contributed by atoms with Gasteiger partial charge < -0.3 is 9.53 Å². The van der Waals surface area contributed by atoms with Crippen molar-refractivity contribution < 1.29 is 14.3 Å². The van der Waals surface area contributed by atoms with E-state index in [4.69, 9.17) is 4.74 Å². The Hall–Kier alpha value is -1.91. The SMILES string of the molecule is Cc1ccncc1C(C)(C=O)N(C)C(=O)OC(C)(C)C. The Balaban J connectivity index is 3.14. The van der Waals surface area contributed by atoms with Crippen molar-refractivity contribution in [3.05, 3.63) is 29.6 Å². The smallest absolute Gasteiger partial charge is 0.411 e. The van der Waals surface area contributed by atoms with Crippen molar-refractivity contribution in [3.63, 3.8) is 0 Å². The number of amides is 1. The Morgan fingerprint density at radius 3 is 2.40 bits per heavy atom. The Kier molecular flexibility index (Phi) is 4.53. The second-order valence-electron chi connectivity index (χ2n) is 6.00. The van der Waals surface area contributed by atoms with Crippen LogP contribution in [-0.4, -0.2) is 34.9 Å². The average molecular weight is 278 g/mol. The van der Waals surface area contributed by atoms with Crippen LogP contribution in [0.2, 0.25) is 0 Å². The number of aryl methyl sites for hydroxylation is 1. The molecule has 0 aliphatic heterocycles. The van der Waals surface area contributed by atoms with E-state index < -0.39 is 17.2 Å². The van der Waals surface area contributed by atoms with E-state index in [9.17, 15) is 9.59 Å². The highest BCUT2D eigenvalue weighted by Gasteiger charge is 2.37. The average Bonchev–Trinajstić information content (AvgIpc) is 2.35. The first kappa shape index (κ1) is 16.1. The van der Waals surface area contributed by atoms with Crippen molar-refractivity contribution in [1.82, 2.24) is 9.88 Å². The molecule has 0 radical (unpaired) electrons. The summed E-state index contributed by atoms with van der Waals surface area (Å²) in [6.45, 7) is 8.90. The number of hydrogen-bond acceptors (Lipinski definition) is 4. The zero-order valence-corrected chi connectivity index (χ0v) is 12.9. The Morgan fingerprint density at radius 1 is 1.35 bits per heavy atom. The van der Waals surface area contributed by atoms with Gasteiger partial charge in [0.05, 0.1) is 0 Å². The largest absolute Gasteiger partial charge is 0.444 e. The van der Waals surface area contributed by atoms with Gasteiger partial charge in [-0.2, -0.15) is 0 Å². The molecule has 1 aromatic rings. The fourth-order valence-electron chi connectivity index (χ4n) is 1.84. The fourth-order valence-corrected chi connectivity index (χ4v) is 1.84. The molecule has 20 heavy (non-hydrogen) atoms. The highest BCUT2D eigenvalue weighted by Crippen LogP contribution is 2.28. The molecule has 5 nitrogen and oxygen atoms in total. The summed E-state index contributed by atoms with van der Waals surface area (Å²) < 4.78 is 5.32. The predicted molar refractivity (Wildman–Crippen MR) is 76.4 cm³/mol. The number of nitrogens with zero attached hydrogens (tertiary/aromatic N) is 2. The fraction of sp³-hybridized carbons (Fsp3) is 0.533. The maximum atomic E-state index is 12.2. The molecular weight excluding hydrogens is 256 g/mol. The van der Waals surface area contributed by atoms with Gasteiger partial charge in [-0.1, -0.05) is 0 Å². The van der Waals surface area contributed by atoms with Gasteiger partial charge in [0.2, 0.25) is 0 Å². The minimum Gasteiger partial charge on any atom is -0.444 e. The van der Waals surface area contributed by atoms with Gasteiger partial charge in [-0.25, -0.2) is 4.79 Å². The van der Waals surface area contributed by atoms with Crippen molar-refractivity contribution in [2.24, 2.45) is 0 Å². The first-order valence-corrected chi connectivity index (χ1v) is 6.46. The highest BCUT2D eigenvalue weighted by atomic mass is 16.6. The van der Waals surface area contributed by atoms with E-state index in [0.717, 1.165) is 11.8 Å². The number of aldehydes is 1. The van der Waals surface area contributed by atoms with E-state index >= 15 is 0 Å². The van der Waals surface area contributed by atoms with Gasteiger partial charge in [0, 0.05) is 25.0 Å². The van der Waals surface area contributed by atoms with E-state index in [1.165, 1.54) is 4.90 Å². The van der Waals surface area contributed by atoms with Crippen LogP contribution in [0.5, 0.6) is 0 Å². The minimum atomic E-state index is -1.11. The monoisotopic (exact) mass is 278 g/mol. The second kappa shape index (κ2) is 5.61. The van der Waals surface area contributed by atoms with Gasteiger partial charge in [-0.3, -0.25) is 9.88 Å². The van der Waals surface area contributed by atoms with E-state index in [2.05, 4.69) is 4.98 Å². The van der Waals surface area contributed by atoms with Crippen LogP contribution >= 0.6 is 0 Å². The number of ether oxygens (including phenoxy) is 1. The summed E-state index contributed by atoms with van der Waals surface area (Å²) in [6.07, 6.45) is 3.44. The highest BCUT2D eigenvalue weighted by molar-refractivity contribution is 5.78. The van der Waals surface area contributed by atoms with Crippen LogP contribution in [0.1, 0.15) is 38.8 Å². The predicted octanol–water partition coefficient (Wildman–Crippen LogP) is 2.67. The molecule has 0 aliphatic rings. The summed E-state index contributed by atoms with van der Waals surface area (Å²) in [7, 11) is 1.55. The summed E-state index contributed by atoms with van der Waals surface area (Å²) in [4.78, 5) is 29.1. The van der Waals surface area contributed by atoms with Crippen LogP contribution < -0.4 is 0 Å². The molecule has 0 aliphatic carbocycles. The Bertz CT molecular complexity index is 508. The van der Waals surface area contributed by atoms with Crippen LogP contribution in [0.4, 0.5) is 4.79 Å². The molecule has 5 heteroatoms. The zero-order chi connectivity index (χ0) is 15.6. The number of pyridine rings is 1. The minimum absolute atomic E-state index is 0.546. The van der Waals surface area contributed by atoms with E-state index in [-0.39, 0.29) is 0 Å². The molecular formula is C15H22N2O3. The second-order valence-corrected chi connectivity index (χ2v) is 6.00. The lowest BCUT2D eigenvalue weighted by atomic mass is 9.90. The number of aromatic nitrogens is 1. The zero-order valence-electron chi connectivity index (χ0n) is 12.9. The van der Waals surface area contributed by atoms with Crippen LogP contribution in [0.3, 0.4) is 0 Å². The summed E-state index contributed by atoms with van der Waals surface area (Å²) in [5.74, 6) is 0. The van der Waals surface area contributed by atoms with Crippen LogP contribution in [-0.2, 0) is 15.1 Å². The van der Waals surface area contributed by atoms with E-state index in [1.807, 2.05) is 6.92 Å². The van der Waals surface area contributed by atoms with E-state index in [1.54, 1.807) is 53.2 Å². The van der Waals surface area contributed by atoms with Gasteiger partial charge in [0.15, 0.2) is 0 Å². The molecule has 0 bridgehead atoms. The molecule has 1 rings (SSSR count). The summed E-state index contributed by atoms with van der Waals surface area (Å²) in [5, 5.41) is 0. The molecule has 0 N–H and O–H groups in total. The lowest BCUT2D eigenvalue weighted by Crippen LogP contribution is -2.48. The van der Waals surface area contributed by atoms with Crippen molar-refractivity contribution in [2.75, 3.05) is 7.05 Å². The molecule has 0 spiro atoms. The van der Waals surface area contributed by atoms with Gasteiger partial charge >= 0.3 is 6.09 Å². The molecule has 1 atom stereocenters. The third-order valence-corrected chi connectivity index (χ3v) is 3.18.